The molecule has 1 rings (SSSR count). The van der Waals surface area contributed by atoms with Crippen LogP contribution in [0.2, 0.25) is 0 Å². The highest BCUT2D eigenvalue weighted by molar-refractivity contribution is 6.17. The van der Waals surface area contributed by atoms with Gasteiger partial charge in [-0.25, -0.2) is 0 Å². The Balaban J connectivity index is 2.54. The maximum atomic E-state index is 11.8. The van der Waals surface area contributed by atoms with E-state index < -0.39 is 0 Å². The van der Waals surface area contributed by atoms with Crippen molar-refractivity contribution in [1.29, 1.82) is 0 Å². The van der Waals surface area contributed by atoms with E-state index in [9.17, 15) is 9.59 Å². The third kappa shape index (κ3) is 4.53. The summed E-state index contributed by atoms with van der Waals surface area (Å²) in [6.07, 6.45) is 5.89. The number of hydrogen-bond donors (Lipinski definition) is 2. The van der Waals surface area contributed by atoms with Gasteiger partial charge in [0.05, 0.1) is 0 Å². The number of rotatable bonds is 7. The van der Waals surface area contributed by atoms with Crippen LogP contribution in [0.4, 0.5) is 0 Å². The second-order valence-corrected chi connectivity index (χ2v) is 4.64. The van der Waals surface area contributed by atoms with Gasteiger partial charge in [0.25, 0.3) is 5.91 Å². The summed E-state index contributed by atoms with van der Waals surface area (Å²) in [6, 6.07) is 1.34. The maximum absolute atomic E-state index is 11.8. The lowest BCUT2D eigenvalue weighted by Gasteiger charge is -2.15. The highest BCUT2D eigenvalue weighted by Crippen LogP contribution is 2.11. The number of pyridine rings is 1. The van der Waals surface area contributed by atoms with Crippen LogP contribution in [0, 0.1) is 5.92 Å². The zero-order valence-electron chi connectivity index (χ0n) is 10.5. The van der Waals surface area contributed by atoms with Crippen LogP contribution in [0.5, 0.6) is 0 Å². The van der Waals surface area contributed by atoms with E-state index in [-0.39, 0.29) is 16.9 Å². The third-order valence-electron chi connectivity index (χ3n) is 2.83. The number of carbonyl (C=O) groups excluding carboxylic acids is 1. The number of halogens is 1. The molecule has 0 saturated carbocycles. The van der Waals surface area contributed by atoms with E-state index in [1.54, 1.807) is 0 Å². The smallest absolute Gasteiger partial charge is 0.256 e. The molecule has 0 aromatic carbocycles. The van der Waals surface area contributed by atoms with Gasteiger partial charge >= 0.3 is 0 Å². The summed E-state index contributed by atoms with van der Waals surface area (Å²) in [7, 11) is 0. The second kappa shape index (κ2) is 7.93. The summed E-state index contributed by atoms with van der Waals surface area (Å²) in [5.41, 5.74) is -0.116. The largest absolute Gasteiger partial charge is 0.367 e. The summed E-state index contributed by atoms with van der Waals surface area (Å²) >= 11 is 5.72. The average molecular weight is 271 g/mol. The van der Waals surface area contributed by atoms with Crippen LogP contribution < -0.4 is 10.7 Å². The molecule has 1 aromatic heterocycles. The van der Waals surface area contributed by atoms with Crippen molar-refractivity contribution in [3.63, 3.8) is 0 Å². The minimum absolute atomic E-state index is 0.152. The number of nitrogens with one attached hydrogen (secondary N) is 2. The minimum atomic E-state index is -0.326. The maximum Gasteiger partial charge on any atom is 0.256 e. The van der Waals surface area contributed by atoms with E-state index in [4.69, 9.17) is 11.6 Å². The SMILES string of the molecule is CCCC(CCCl)CNC(=O)c1c[nH]ccc1=O. The Morgan fingerprint density at radius 1 is 1.50 bits per heavy atom. The average Bonchev–Trinajstić information content (AvgIpc) is 2.36. The molecule has 5 heteroatoms. The predicted octanol–water partition coefficient (Wildman–Crippen LogP) is 2.15. The standard InChI is InChI=1S/C13H19ClN2O2/c1-2-3-10(4-6-14)8-16-13(18)11-9-15-7-5-12(11)17/h5,7,9-10H,2-4,6,8H2,1H3,(H,15,17)(H,16,18). The number of H-pyrrole nitrogens is 1. The summed E-state index contributed by atoms with van der Waals surface area (Å²) in [5.74, 6) is 0.638. The van der Waals surface area contributed by atoms with Crippen molar-refractivity contribution in [3.05, 3.63) is 34.2 Å². The number of carbonyl (C=O) groups is 1. The number of alkyl halides is 1. The lowest BCUT2D eigenvalue weighted by Crippen LogP contribution is -2.32. The Bertz CT molecular complexity index is 425. The molecular formula is C13H19ClN2O2. The number of amides is 1. The Hall–Kier alpha value is -1.29. The molecule has 2 N–H and O–H groups in total. The Kier molecular flexibility index (Phi) is 6.50. The van der Waals surface area contributed by atoms with Crippen LogP contribution in [-0.2, 0) is 0 Å². The predicted molar refractivity (Wildman–Crippen MR) is 73.1 cm³/mol. The van der Waals surface area contributed by atoms with Gasteiger partial charge in [0.2, 0.25) is 0 Å². The van der Waals surface area contributed by atoms with Crippen molar-refractivity contribution in [2.45, 2.75) is 26.2 Å². The van der Waals surface area contributed by atoms with E-state index in [1.165, 1.54) is 18.5 Å². The first-order valence-electron chi connectivity index (χ1n) is 6.20. The van der Waals surface area contributed by atoms with Gasteiger partial charge in [0.15, 0.2) is 5.43 Å². The topological polar surface area (TPSA) is 62.0 Å². The molecule has 0 bridgehead atoms. The summed E-state index contributed by atoms with van der Waals surface area (Å²) in [4.78, 5) is 26.0. The lowest BCUT2D eigenvalue weighted by molar-refractivity contribution is 0.0944. The van der Waals surface area contributed by atoms with E-state index >= 15 is 0 Å². The first kappa shape index (κ1) is 14.8. The highest BCUT2D eigenvalue weighted by atomic mass is 35.5. The Labute approximate surface area is 112 Å². The van der Waals surface area contributed by atoms with Crippen LogP contribution >= 0.6 is 11.6 Å². The fourth-order valence-corrected chi connectivity index (χ4v) is 2.15. The molecule has 1 unspecified atom stereocenters. The number of aromatic nitrogens is 1. The molecule has 100 valence electrons. The molecule has 1 aromatic rings. The van der Waals surface area contributed by atoms with E-state index in [0.29, 0.717) is 18.3 Å². The van der Waals surface area contributed by atoms with Crippen molar-refractivity contribution in [3.8, 4) is 0 Å². The fourth-order valence-electron chi connectivity index (χ4n) is 1.84. The molecular weight excluding hydrogens is 252 g/mol. The van der Waals surface area contributed by atoms with Gasteiger partial charge in [0, 0.05) is 30.9 Å². The molecule has 1 amide bonds. The molecule has 0 aliphatic rings. The van der Waals surface area contributed by atoms with Gasteiger partial charge in [-0.05, 0) is 18.8 Å². The van der Waals surface area contributed by atoms with Crippen molar-refractivity contribution >= 4 is 17.5 Å². The van der Waals surface area contributed by atoms with E-state index in [2.05, 4.69) is 17.2 Å². The van der Waals surface area contributed by atoms with Gasteiger partial charge < -0.3 is 10.3 Å². The minimum Gasteiger partial charge on any atom is -0.367 e. The normalized spacial score (nSPS) is 12.1. The van der Waals surface area contributed by atoms with Gasteiger partial charge in [-0.2, -0.15) is 0 Å². The van der Waals surface area contributed by atoms with Crippen LogP contribution in [0.1, 0.15) is 36.5 Å². The quantitative estimate of drug-likeness (QED) is 0.746. The van der Waals surface area contributed by atoms with Crippen LogP contribution in [0.15, 0.2) is 23.3 Å². The summed E-state index contributed by atoms with van der Waals surface area (Å²) in [5, 5.41) is 2.79. The van der Waals surface area contributed by atoms with Gasteiger partial charge in [-0.1, -0.05) is 13.3 Å². The lowest BCUT2D eigenvalue weighted by atomic mass is 10.0. The van der Waals surface area contributed by atoms with Crippen molar-refractivity contribution < 1.29 is 4.79 Å². The van der Waals surface area contributed by atoms with Gasteiger partial charge in [0.1, 0.15) is 5.56 Å². The van der Waals surface area contributed by atoms with E-state index in [1.807, 2.05) is 0 Å². The molecule has 0 fully saturated rings. The van der Waals surface area contributed by atoms with Gasteiger partial charge in [-0.3, -0.25) is 9.59 Å². The Morgan fingerprint density at radius 3 is 2.89 bits per heavy atom. The van der Waals surface area contributed by atoms with Crippen molar-refractivity contribution in [2.75, 3.05) is 12.4 Å². The molecule has 1 atom stereocenters. The monoisotopic (exact) mass is 270 g/mol. The highest BCUT2D eigenvalue weighted by Gasteiger charge is 2.12. The fraction of sp³-hybridized carbons (Fsp3) is 0.538. The zero-order valence-corrected chi connectivity index (χ0v) is 11.3. The number of aromatic amines is 1. The Morgan fingerprint density at radius 2 is 2.28 bits per heavy atom. The first-order chi connectivity index (χ1) is 8.69. The third-order valence-corrected chi connectivity index (χ3v) is 3.05. The van der Waals surface area contributed by atoms with Crippen LogP contribution in [-0.4, -0.2) is 23.3 Å². The van der Waals surface area contributed by atoms with E-state index in [0.717, 1.165) is 19.3 Å². The zero-order chi connectivity index (χ0) is 13.4. The molecule has 0 saturated heterocycles. The molecule has 0 radical (unpaired) electrons. The van der Waals surface area contributed by atoms with Crippen LogP contribution in [0.3, 0.4) is 0 Å². The molecule has 0 aliphatic heterocycles. The number of hydrogen-bond acceptors (Lipinski definition) is 2. The molecule has 18 heavy (non-hydrogen) atoms. The molecule has 1 heterocycles. The molecule has 0 spiro atoms. The molecule has 4 nitrogen and oxygen atoms in total. The summed E-state index contributed by atoms with van der Waals surface area (Å²) in [6.45, 7) is 2.67. The summed E-state index contributed by atoms with van der Waals surface area (Å²) < 4.78 is 0. The van der Waals surface area contributed by atoms with Crippen molar-refractivity contribution in [2.24, 2.45) is 5.92 Å². The van der Waals surface area contributed by atoms with Gasteiger partial charge in [-0.15, -0.1) is 11.6 Å². The van der Waals surface area contributed by atoms with Crippen molar-refractivity contribution in [1.82, 2.24) is 10.3 Å². The second-order valence-electron chi connectivity index (χ2n) is 4.26. The van der Waals surface area contributed by atoms with Crippen LogP contribution in [0.25, 0.3) is 0 Å². The molecule has 0 aliphatic carbocycles. The first-order valence-corrected chi connectivity index (χ1v) is 6.73.